The molecule has 21 heavy (non-hydrogen) atoms. The van der Waals surface area contributed by atoms with Crippen molar-refractivity contribution in [1.29, 1.82) is 0 Å². The number of hydrogen-bond acceptors (Lipinski definition) is 3. The van der Waals surface area contributed by atoms with Crippen LogP contribution in [-0.2, 0) is 17.6 Å². The second-order valence-electron chi connectivity index (χ2n) is 5.78. The van der Waals surface area contributed by atoms with Crippen molar-refractivity contribution < 1.29 is 9.53 Å². The van der Waals surface area contributed by atoms with E-state index in [0.29, 0.717) is 0 Å². The molecule has 0 fully saturated rings. The van der Waals surface area contributed by atoms with E-state index in [4.69, 9.17) is 4.74 Å². The molecule has 1 aliphatic carbocycles. The molecule has 0 radical (unpaired) electrons. The number of fused-ring (bicyclic) bond motifs is 1. The SMILES string of the molecule is CCOCCCNC(C)C(=O)c1ccc2c(c1)CCCC2. The van der Waals surface area contributed by atoms with Crippen LogP contribution in [0.15, 0.2) is 18.2 Å². The number of benzene rings is 1. The summed E-state index contributed by atoms with van der Waals surface area (Å²) in [4.78, 5) is 12.5. The van der Waals surface area contributed by atoms with Crippen LogP contribution in [0.5, 0.6) is 0 Å². The van der Waals surface area contributed by atoms with Gasteiger partial charge in [-0.15, -0.1) is 0 Å². The third-order valence-corrected chi connectivity index (χ3v) is 4.15. The molecule has 1 aromatic rings. The van der Waals surface area contributed by atoms with E-state index >= 15 is 0 Å². The van der Waals surface area contributed by atoms with Crippen LogP contribution in [0, 0.1) is 0 Å². The van der Waals surface area contributed by atoms with Crippen LogP contribution in [0.4, 0.5) is 0 Å². The van der Waals surface area contributed by atoms with E-state index in [1.54, 1.807) is 0 Å². The van der Waals surface area contributed by atoms with Gasteiger partial charge in [0, 0.05) is 18.8 Å². The average Bonchev–Trinajstić information content (AvgIpc) is 2.53. The van der Waals surface area contributed by atoms with Gasteiger partial charge in [0.05, 0.1) is 6.04 Å². The fourth-order valence-electron chi connectivity index (χ4n) is 2.87. The zero-order valence-electron chi connectivity index (χ0n) is 13.3. The van der Waals surface area contributed by atoms with Crippen molar-refractivity contribution in [3.63, 3.8) is 0 Å². The van der Waals surface area contributed by atoms with E-state index in [0.717, 1.165) is 44.6 Å². The Labute approximate surface area is 128 Å². The van der Waals surface area contributed by atoms with Gasteiger partial charge in [0.15, 0.2) is 5.78 Å². The van der Waals surface area contributed by atoms with Crippen LogP contribution in [0.25, 0.3) is 0 Å². The molecule has 0 saturated heterocycles. The quantitative estimate of drug-likeness (QED) is 0.590. The lowest BCUT2D eigenvalue weighted by molar-refractivity contribution is 0.0946. The molecule has 0 amide bonds. The largest absolute Gasteiger partial charge is 0.382 e. The smallest absolute Gasteiger partial charge is 0.179 e. The van der Waals surface area contributed by atoms with Gasteiger partial charge in [0.2, 0.25) is 0 Å². The predicted molar refractivity (Wildman–Crippen MR) is 86.0 cm³/mol. The Kier molecular flexibility index (Phi) is 6.40. The lowest BCUT2D eigenvalue weighted by Crippen LogP contribution is -2.35. The summed E-state index contributed by atoms with van der Waals surface area (Å²) in [6.07, 6.45) is 5.74. The van der Waals surface area contributed by atoms with Crippen LogP contribution >= 0.6 is 0 Å². The molecule has 2 rings (SSSR count). The van der Waals surface area contributed by atoms with E-state index in [1.165, 1.54) is 24.0 Å². The Balaban J connectivity index is 1.87. The Bertz CT molecular complexity index is 470. The maximum absolute atomic E-state index is 12.5. The molecule has 3 nitrogen and oxygen atoms in total. The average molecular weight is 289 g/mol. The second-order valence-corrected chi connectivity index (χ2v) is 5.78. The minimum atomic E-state index is -0.131. The molecule has 0 aliphatic heterocycles. The van der Waals surface area contributed by atoms with Crippen molar-refractivity contribution in [2.45, 2.75) is 52.0 Å². The Morgan fingerprint density at radius 2 is 2.05 bits per heavy atom. The first kappa shape index (κ1) is 16.2. The molecule has 0 saturated carbocycles. The van der Waals surface area contributed by atoms with Gasteiger partial charge in [-0.1, -0.05) is 12.1 Å². The molecule has 1 atom stereocenters. The maximum atomic E-state index is 12.5. The normalized spacial score (nSPS) is 15.5. The zero-order chi connectivity index (χ0) is 15.1. The molecular formula is C18H27NO2. The minimum Gasteiger partial charge on any atom is -0.382 e. The van der Waals surface area contributed by atoms with Gasteiger partial charge in [-0.25, -0.2) is 0 Å². The van der Waals surface area contributed by atoms with Crippen molar-refractivity contribution in [3.05, 3.63) is 34.9 Å². The summed E-state index contributed by atoms with van der Waals surface area (Å²) in [6.45, 7) is 6.27. The highest BCUT2D eigenvalue weighted by Crippen LogP contribution is 2.22. The van der Waals surface area contributed by atoms with Gasteiger partial charge in [-0.05, 0) is 69.7 Å². The monoisotopic (exact) mass is 289 g/mol. The van der Waals surface area contributed by atoms with Gasteiger partial charge < -0.3 is 10.1 Å². The van der Waals surface area contributed by atoms with Crippen LogP contribution < -0.4 is 5.32 Å². The van der Waals surface area contributed by atoms with Gasteiger partial charge in [0.25, 0.3) is 0 Å². The molecule has 0 bridgehead atoms. The third kappa shape index (κ3) is 4.65. The molecule has 1 unspecified atom stereocenters. The molecule has 1 N–H and O–H groups in total. The number of hydrogen-bond donors (Lipinski definition) is 1. The van der Waals surface area contributed by atoms with Gasteiger partial charge in [-0.3, -0.25) is 4.79 Å². The number of ether oxygens (including phenoxy) is 1. The lowest BCUT2D eigenvalue weighted by Gasteiger charge is -2.18. The number of carbonyl (C=O) groups excluding carboxylic acids is 1. The van der Waals surface area contributed by atoms with Gasteiger partial charge in [-0.2, -0.15) is 0 Å². The predicted octanol–water partition coefficient (Wildman–Crippen LogP) is 3.15. The molecule has 1 aliphatic rings. The fourth-order valence-corrected chi connectivity index (χ4v) is 2.87. The Morgan fingerprint density at radius 3 is 2.81 bits per heavy atom. The summed E-state index contributed by atoms with van der Waals surface area (Å²) < 4.78 is 5.30. The van der Waals surface area contributed by atoms with E-state index in [9.17, 15) is 4.79 Å². The highest BCUT2D eigenvalue weighted by Gasteiger charge is 2.17. The summed E-state index contributed by atoms with van der Waals surface area (Å²) in [5.41, 5.74) is 3.64. The van der Waals surface area contributed by atoms with Crippen molar-refractivity contribution >= 4 is 5.78 Å². The Morgan fingerprint density at radius 1 is 1.29 bits per heavy atom. The maximum Gasteiger partial charge on any atom is 0.179 e. The van der Waals surface area contributed by atoms with Crippen molar-refractivity contribution in [3.8, 4) is 0 Å². The Hall–Kier alpha value is -1.19. The second kappa shape index (κ2) is 8.30. The summed E-state index contributed by atoms with van der Waals surface area (Å²) in [6, 6.07) is 6.11. The summed E-state index contributed by atoms with van der Waals surface area (Å²) in [5, 5.41) is 3.29. The van der Waals surface area contributed by atoms with E-state index in [2.05, 4.69) is 17.4 Å². The third-order valence-electron chi connectivity index (χ3n) is 4.15. The van der Waals surface area contributed by atoms with Crippen LogP contribution in [0.1, 0.15) is 54.6 Å². The molecule has 0 heterocycles. The minimum absolute atomic E-state index is 0.131. The lowest BCUT2D eigenvalue weighted by atomic mass is 9.89. The fraction of sp³-hybridized carbons (Fsp3) is 0.611. The first-order valence-electron chi connectivity index (χ1n) is 8.19. The van der Waals surface area contributed by atoms with Crippen molar-refractivity contribution in [2.24, 2.45) is 0 Å². The number of nitrogens with one attached hydrogen (secondary N) is 1. The standard InChI is InChI=1S/C18H27NO2/c1-3-21-12-6-11-19-14(2)18(20)17-10-9-15-7-4-5-8-16(15)13-17/h9-10,13-14,19H,3-8,11-12H2,1-2H3. The van der Waals surface area contributed by atoms with E-state index in [-0.39, 0.29) is 11.8 Å². The van der Waals surface area contributed by atoms with Gasteiger partial charge in [0.1, 0.15) is 0 Å². The molecule has 116 valence electrons. The number of ketones is 1. The van der Waals surface area contributed by atoms with Crippen LogP contribution in [-0.4, -0.2) is 31.6 Å². The zero-order valence-corrected chi connectivity index (χ0v) is 13.3. The molecular weight excluding hydrogens is 262 g/mol. The van der Waals surface area contributed by atoms with Crippen LogP contribution in [0.3, 0.4) is 0 Å². The number of Topliss-reactive ketones (excluding diaryl/α,β-unsaturated/α-hetero) is 1. The highest BCUT2D eigenvalue weighted by molar-refractivity contribution is 6.00. The van der Waals surface area contributed by atoms with Crippen molar-refractivity contribution in [1.82, 2.24) is 5.32 Å². The number of carbonyl (C=O) groups is 1. The summed E-state index contributed by atoms with van der Waals surface area (Å²) >= 11 is 0. The molecule has 0 spiro atoms. The van der Waals surface area contributed by atoms with Crippen molar-refractivity contribution in [2.75, 3.05) is 19.8 Å². The van der Waals surface area contributed by atoms with Gasteiger partial charge >= 0.3 is 0 Å². The summed E-state index contributed by atoms with van der Waals surface area (Å²) in [7, 11) is 0. The molecule has 0 aromatic heterocycles. The topological polar surface area (TPSA) is 38.3 Å². The first-order chi connectivity index (χ1) is 10.2. The summed E-state index contributed by atoms with van der Waals surface area (Å²) in [5.74, 6) is 0.194. The molecule has 1 aromatic carbocycles. The van der Waals surface area contributed by atoms with E-state index < -0.39 is 0 Å². The van der Waals surface area contributed by atoms with Crippen LogP contribution in [0.2, 0.25) is 0 Å². The molecule has 3 heteroatoms. The number of aryl methyl sites for hydroxylation is 2. The van der Waals surface area contributed by atoms with E-state index in [1.807, 2.05) is 19.9 Å². The highest BCUT2D eigenvalue weighted by atomic mass is 16.5. The number of rotatable bonds is 8. The first-order valence-corrected chi connectivity index (χ1v) is 8.19.